The normalized spacial score (nSPS) is 12.9. The second kappa shape index (κ2) is 3.94. The summed E-state index contributed by atoms with van der Waals surface area (Å²) in [7, 11) is 1.88. The average Bonchev–Trinajstić information content (AvgIpc) is 2.57. The summed E-state index contributed by atoms with van der Waals surface area (Å²) < 4.78 is 1.87. The van der Waals surface area contributed by atoms with Crippen LogP contribution in [-0.4, -0.2) is 26.7 Å². The molecule has 0 bridgehead atoms. The number of nitrogens with zero attached hydrogens (tertiary/aromatic N) is 2. The van der Waals surface area contributed by atoms with E-state index in [4.69, 9.17) is 10.8 Å². The van der Waals surface area contributed by atoms with Crippen molar-refractivity contribution >= 4 is 17.0 Å². The molecule has 2 heterocycles. The van der Waals surface area contributed by atoms with E-state index in [0.29, 0.717) is 6.42 Å². The maximum Gasteiger partial charge on any atom is 0.320 e. The van der Waals surface area contributed by atoms with Gasteiger partial charge in [-0.3, -0.25) is 4.79 Å². The van der Waals surface area contributed by atoms with Crippen LogP contribution in [0.4, 0.5) is 0 Å². The number of hydrogen-bond donors (Lipinski definition) is 2. The summed E-state index contributed by atoms with van der Waals surface area (Å²) >= 11 is 0. The third kappa shape index (κ3) is 1.77. The predicted molar refractivity (Wildman–Crippen MR) is 60.0 cm³/mol. The van der Waals surface area contributed by atoms with Gasteiger partial charge in [-0.25, -0.2) is 4.98 Å². The van der Waals surface area contributed by atoms with Crippen LogP contribution in [0.25, 0.3) is 11.0 Å². The van der Waals surface area contributed by atoms with Gasteiger partial charge in [-0.15, -0.1) is 0 Å². The molecule has 5 heteroatoms. The van der Waals surface area contributed by atoms with Crippen LogP contribution in [-0.2, 0) is 18.3 Å². The number of hydrogen-bond acceptors (Lipinski definition) is 3. The molecule has 0 aromatic carbocycles. The lowest BCUT2D eigenvalue weighted by Gasteiger charge is -2.04. The number of pyridine rings is 1. The molecule has 84 valence electrons. The minimum absolute atomic E-state index is 0.318. The summed E-state index contributed by atoms with van der Waals surface area (Å²) in [6, 6.07) is 2.88. The monoisotopic (exact) mass is 219 g/mol. The maximum atomic E-state index is 10.7. The highest BCUT2D eigenvalue weighted by Gasteiger charge is 2.15. The summed E-state index contributed by atoms with van der Waals surface area (Å²) in [5.41, 5.74) is 7.28. The Hall–Kier alpha value is -1.88. The molecule has 1 unspecified atom stereocenters. The van der Waals surface area contributed by atoms with E-state index in [0.717, 1.165) is 16.6 Å². The number of aliphatic carboxylic acids is 1. The smallest absolute Gasteiger partial charge is 0.320 e. The number of carboxylic acid groups (broad SMARTS) is 1. The lowest BCUT2D eigenvalue weighted by Crippen LogP contribution is -2.32. The van der Waals surface area contributed by atoms with Crippen molar-refractivity contribution in [1.82, 2.24) is 9.55 Å². The number of fused-ring (bicyclic) bond motifs is 1. The van der Waals surface area contributed by atoms with E-state index < -0.39 is 12.0 Å². The Morgan fingerprint density at radius 1 is 1.69 bits per heavy atom. The van der Waals surface area contributed by atoms with E-state index in [1.54, 1.807) is 6.20 Å². The molecule has 2 rings (SSSR count). The molecule has 0 aliphatic rings. The molecule has 0 amide bonds. The summed E-state index contributed by atoms with van der Waals surface area (Å²) in [5.74, 6) is -0.985. The van der Waals surface area contributed by atoms with Crippen molar-refractivity contribution in [3.63, 3.8) is 0 Å². The quantitative estimate of drug-likeness (QED) is 0.788. The molecule has 16 heavy (non-hydrogen) atoms. The van der Waals surface area contributed by atoms with E-state index in [-0.39, 0.29) is 0 Å². The van der Waals surface area contributed by atoms with Crippen LogP contribution in [0.2, 0.25) is 0 Å². The van der Waals surface area contributed by atoms with Crippen LogP contribution in [0.5, 0.6) is 0 Å². The van der Waals surface area contributed by atoms with E-state index in [1.807, 2.05) is 29.9 Å². The number of carbonyl (C=O) groups is 1. The van der Waals surface area contributed by atoms with E-state index in [2.05, 4.69) is 4.98 Å². The predicted octanol–water partition coefficient (Wildman–Crippen LogP) is 0.528. The summed E-state index contributed by atoms with van der Waals surface area (Å²) in [6.07, 6.45) is 3.90. The fraction of sp³-hybridized carbons (Fsp3) is 0.273. The fourth-order valence-corrected chi connectivity index (χ4v) is 1.78. The Kier molecular flexibility index (Phi) is 2.62. The largest absolute Gasteiger partial charge is 0.480 e. The Bertz CT molecular complexity index is 533. The molecule has 2 aromatic heterocycles. The molecule has 0 spiro atoms. The number of rotatable bonds is 3. The molecule has 5 nitrogen and oxygen atoms in total. The van der Waals surface area contributed by atoms with Crippen molar-refractivity contribution < 1.29 is 9.90 Å². The van der Waals surface area contributed by atoms with Crippen molar-refractivity contribution in [1.29, 1.82) is 0 Å². The van der Waals surface area contributed by atoms with Crippen LogP contribution in [0.3, 0.4) is 0 Å². The van der Waals surface area contributed by atoms with Crippen molar-refractivity contribution in [3.05, 3.63) is 30.1 Å². The van der Waals surface area contributed by atoms with Crippen LogP contribution < -0.4 is 5.73 Å². The lowest BCUT2D eigenvalue weighted by molar-refractivity contribution is -0.138. The van der Waals surface area contributed by atoms with E-state index in [9.17, 15) is 4.79 Å². The first-order chi connectivity index (χ1) is 7.59. The number of aryl methyl sites for hydroxylation is 1. The highest BCUT2D eigenvalue weighted by atomic mass is 16.4. The van der Waals surface area contributed by atoms with Crippen LogP contribution in [0.1, 0.15) is 5.56 Å². The van der Waals surface area contributed by atoms with Gasteiger partial charge in [-0.2, -0.15) is 0 Å². The summed E-state index contributed by atoms with van der Waals surface area (Å²) in [4.78, 5) is 14.9. The zero-order valence-electron chi connectivity index (χ0n) is 8.92. The van der Waals surface area contributed by atoms with Crippen LogP contribution in [0, 0.1) is 0 Å². The highest BCUT2D eigenvalue weighted by Crippen LogP contribution is 2.19. The molecule has 0 radical (unpaired) electrons. The van der Waals surface area contributed by atoms with Crippen molar-refractivity contribution in [2.75, 3.05) is 0 Å². The average molecular weight is 219 g/mol. The molecule has 0 aliphatic carbocycles. The topological polar surface area (TPSA) is 81.1 Å². The summed E-state index contributed by atoms with van der Waals surface area (Å²) in [6.45, 7) is 0. The Labute approximate surface area is 92.5 Å². The number of nitrogens with two attached hydrogens (primary N) is 1. The molecule has 0 aliphatic heterocycles. The molecule has 0 saturated carbocycles. The third-order valence-electron chi connectivity index (χ3n) is 2.57. The fourth-order valence-electron chi connectivity index (χ4n) is 1.78. The van der Waals surface area contributed by atoms with Crippen LogP contribution in [0.15, 0.2) is 24.5 Å². The third-order valence-corrected chi connectivity index (χ3v) is 2.57. The van der Waals surface area contributed by atoms with Crippen molar-refractivity contribution in [3.8, 4) is 0 Å². The van der Waals surface area contributed by atoms with Gasteiger partial charge in [0, 0.05) is 31.2 Å². The second-order valence-electron chi connectivity index (χ2n) is 3.79. The number of aromatic nitrogens is 2. The van der Waals surface area contributed by atoms with E-state index >= 15 is 0 Å². The van der Waals surface area contributed by atoms with Gasteiger partial charge in [-0.1, -0.05) is 0 Å². The van der Waals surface area contributed by atoms with Crippen LogP contribution >= 0.6 is 0 Å². The van der Waals surface area contributed by atoms with Gasteiger partial charge in [0.2, 0.25) is 0 Å². The van der Waals surface area contributed by atoms with Gasteiger partial charge in [0.15, 0.2) is 0 Å². The standard InChI is InChI=1S/C11H13N3O2/c1-14-6-7(5-9(12)11(15)16)8-3-2-4-13-10(8)14/h2-4,6,9H,5,12H2,1H3,(H,15,16). The highest BCUT2D eigenvalue weighted by molar-refractivity contribution is 5.82. The van der Waals surface area contributed by atoms with Gasteiger partial charge < -0.3 is 15.4 Å². The molecule has 0 saturated heterocycles. The van der Waals surface area contributed by atoms with E-state index in [1.165, 1.54) is 0 Å². The first-order valence-electron chi connectivity index (χ1n) is 4.97. The molecule has 0 fully saturated rings. The molecular formula is C11H13N3O2. The first kappa shape index (κ1) is 10.6. The van der Waals surface area contributed by atoms with Gasteiger partial charge in [-0.05, 0) is 17.7 Å². The van der Waals surface area contributed by atoms with Crippen molar-refractivity contribution in [2.45, 2.75) is 12.5 Å². The Morgan fingerprint density at radius 2 is 2.44 bits per heavy atom. The maximum absolute atomic E-state index is 10.7. The van der Waals surface area contributed by atoms with Crippen molar-refractivity contribution in [2.24, 2.45) is 12.8 Å². The van der Waals surface area contributed by atoms with Gasteiger partial charge in [0.1, 0.15) is 11.7 Å². The SMILES string of the molecule is Cn1cc(CC(N)C(=O)O)c2cccnc21. The minimum Gasteiger partial charge on any atom is -0.480 e. The zero-order valence-corrected chi connectivity index (χ0v) is 8.92. The molecule has 1 atom stereocenters. The Morgan fingerprint density at radius 3 is 3.12 bits per heavy atom. The number of carboxylic acids is 1. The zero-order chi connectivity index (χ0) is 11.7. The summed E-state index contributed by atoms with van der Waals surface area (Å²) in [5, 5.41) is 9.73. The molecule has 2 aromatic rings. The van der Waals surface area contributed by atoms with Gasteiger partial charge in [0.05, 0.1) is 0 Å². The van der Waals surface area contributed by atoms with Gasteiger partial charge in [0.25, 0.3) is 0 Å². The first-order valence-corrected chi connectivity index (χ1v) is 4.97. The Balaban J connectivity index is 2.42. The minimum atomic E-state index is -0.985. The van der Waals surface area contributed by atoms with Gasteiger partial charge >= 0.3 is 5.97 Å². The second-order valence-corrected chi connectivity index (χ2v) is 3.79. The molecular weight excluding hydrogens is 206 g/mol. The molecule has 3 N–H and O–H groups in total. The lowest BCUT2D eigenvalue weighted by atomic mass is 10.1.